The number of rotatable bonds is 8. The Hall–Kier alpha value is -2.92. The van der Waals surface area contributed by atoms with Crippen LogP contribution in [0.2, 0.25) is 0 Å². The molecule has 0 unspecified atom stereocenters. The number of carbonyl (C=O) groups excluding carboxylic acids is 1. The topological polar surface area (TPSA) is 124 Å². The fraction of sp³-hybridized carbons (Fsp3) is 0.364. The summed E-state index contributed by atoms with van der Waals surface area (Å²) in [6.07, 6.45) is 3.13. The summed E-state index contributed by atoms with van der Waals surface area (Å²) in [6.45, 7) is 4.54. The number of nitrogens with zero attached hydrogens (tertiary/aromatic N) is 4. The molecule has 1 aliphatic rings. The number of thiophene rings is 1. The van der Waals surface area contributed by atoms with E-state index in [1.165, 1.54) is 4.88 Å². The SMILES string of the molecule is [NH3+]C(=O)CCCNCc1cc2nc(-c3cccc4[nH]ncc34)nc(N3CCOCC3)c2s1. The minimum absolute atomic E-state index is 0.0146. The van der Waals surface area contributed by atoms with Gasteiger partial charge in [-0.05, 0) is 25.1 Å². The van der Waals surface area contributed by atoms with Crippen molar-refractivity contribution in [1.82, 2.24) is 25.5 Å². The first-order valence-corrected chi connectivity index (χ1v) is 11.6. The van der Waals surface area contributed by atoms with Crippen molar-refractivity contribution in [2.75, 3.05) is 37.7 Å². The average molecular weight is 453 g/mol. The zero-order chi connectivity index (χ0) is 21.9. The van der Waals surface area contributed by atoms with E-state index in [2.05, 4.69) is 32.2 Å². The van der Waals surface area contributed by atoms with Gasteiger partial charge in [-0.2, -0.15) is 5.10 Å². The number of ether oxygens (including phenoxy) is 1. The molecular weight excluding hydrogens is 426 g/mol. The summed E-state index contributed by atoms with van der Waals surface area (Å²) < 4.78 is 6.66. The Balaban J connectivity index is 1.50. The van der Waals surface area contributed by atoms with Crippen molar-refractivity contribution in [1.29, 1.82) is 0 Å². The number of fused-ring (bicyclic) bond motifs is 2. The molecule has 1 saturated heterocycles. The highest BCUT2D eigenvalue weighted by Gasteiger charge is 2.21. The molecule has 0 radical (unpaired) electrons. The minimum Gasteiger partial charge on any atom is -0.378 e. The zero-order valence-electron chi connectivity index (χ0n) is 17.8. The molecule has 1 amide bonds. The van der Waals surface area contributed by atoms with E-state index in [1.54, 1.807) is 11.3 Å². The fourth-order valence-electron chi connectivity index (χ4n) is 3.95. The first kappa shape index (κ1) is 21.0. The third-order valence-electron chi connectivity index (χ3n) is 5.55. The number of benzene rings is 1. The molecule has 0 spiro atoms. The standard InChI is InChI=1S/C22H25N7O2S/c23-19(30)5-2-6-24-12-14-11-18-20(32-14)22(29-7-9-31-10-8-29)27-21(26-18)15-3-1-4-17-16(15)13-25-28-17/h1,3-4,11,13,24H,2,5-10,12H2,(H2,23,30)(H,25,28)/p+1. The molecule has 9 nitrogen and oxygen atoms in total. The first-order chi connectivity index (χ1) is 15.7. The number of carbonyl (C=O) groups is 1. The molecule has 0 aliphatic carbocycles. The summed E-state index contributed by atoms with van der Waals surface area (Å²) in [6, 6.07) is 8.19. The average Bonchev–Trinajstić information content (AvgIpc) is 3.45. The molecule has 10 heteroatoms. The Morgan fingerprint density at radius 2 is 2.16 bits per heavy atom. The van der Waals surface area contributed by atoms with Crippen molar-refractivity contribution >= 4 is 44.2 Å². The monoisotopic (exact) mass is 452 g/mol. The van der Waals surface area contributed by atoms with E-state index in [9.17, 15) is 4.79 Å². The minimum atomic E-state index is -0.0146. The van der Waals surface area contributed by atoms with Crippen LogP contribution in [-0.4, -0.2) is 58.9 Å². The number of anilines is 1. The Labute approximate surface area is 189 Å². The maximum atomic E-state index is 11.0. The van der Waals surface area contributed by atoms with Crippen molar-refractivity contribution in [3.63, 3.8) is 0 Å². The van der Waals surface area contributed by atoms with Gasteiger partial charge < -0.3 is 15.0 Å². The highest BCUT2D eigenvalue weighted by molar-refractivity contribution is 7.19. The molecule has 0 saturated carbocycles. The summed E-state index contributed by atoms with van der Waals surface area (Å²) in [5.74, 6) is 1.66. The summed E-state index contributed by atoms with van der Waals surface area (Å²) in [5, 5.41) is 11.6. The van der Waals surface area contributed by atoms with Gasteiger partial charge in [-0.15, -0.1) is 11.3 Å². The lowest BCUT2D eigenvalue weighted by Crippen LogP contribution is -2.56. The van der Waals surface area contributed by atoms with E-state index in [1.807, 2.05) is 24.4 Å². The number of aromatic amines is 1. The molecule has 1 fully saturated rings. The molecule has 0 atom stereocenters. The maximum Gasteiger partial charge on any atom is 0.308 e. The van der Waals surface area contributed by atoms with E-state index >= 15 is 0 Å². The second kappa shape index (κ2) is 9.29. The molecule has 1 aliphatic heterocycles. The lowest BCUT2D eigenvalue weighted by Gasteiger charge is -2.28. The van der Waals surface area contributed by atoms with Gasteiger partial charge >= 0.3 is 5.91 Å². The molecule has 5 N–H and O–H groups in total. The molecule has 0 bridgehead atoms. The van der Waals surface area contributed by atoms with Gasteiger partial charge in [0.15, 0.2) is 11.6 Å². The maximum absolute atomic E-state index is 11.0. The summed E-state index contributed by atoms with van der Waals surface area (Å²) >= 11 is 1.72. The van der Waals surface area contributed by atoms with E-state index < -0.39 is 0 Å². The third-order valence-corrected chi connectivity index (χ3v) is 6.67. The Morgan fingerprint density at radius 3 is 3.00 bits per heavy atom. The smallest absolute Gasteiger partial charge is 0.308 e. The van der Waals surface area contributed by atoms with Crippen LogP contribution in [0.15, 0.2) is 30.5 Å². The lowest BCUT2D eigenvalue weighted by atomic mass is 10.1. The van der Waals surface area contributed by atoms with Gasteiger partial charge in [-0.25, -0.2) is 14.8 Å². The fourth-order valence-corrected chi connectivity index (χ4v) is 5.03. The molecule has 4 heterocycles. The van der Waals surface area contributed by atoms with Crippen LogP contribution in [0.1, 0.15) is 17.7 Å². The lowest BCUT2D eigenvalue weighted by molar-refractivity contribution is -0.305. The van der Waals surface area contributed by atoms with Crippen LogP contribution >= 0.6 is 11.3 Å². The Morgan fingerprint density at radius 1 is 1.28 bits per heavy atom. The van der Waals surface area contributed by atoms with E-state index in [0.717, 1.165) is 65.1 Å². The summed E-state index contributed by atoms with van der Waals surface area (Å²) in [5.41, 5.74) is 6.31. The van der Waals surface area contributed by atoms with E-state index in [0.29, 0.717) is 25.5 Å². The van der Waals surface area contributed by atoms with Crippen LogP contribution in [0, 0.1) is 0 Å². The van der Waals surface area contributed by atoms with Crippen molar-refractivity contribution in [3.8, 4) is 11.4 Å². The second-order valence-electron chi connectivity index (χ2n) is 7.85. The molecule has 166 valence electrons. The number of morpholine rings is 1. The third kappa shape index (κ3) is 4.35. The normalized spacial score (nSPS) is 14.5. The van der Waals surface area contributed by atoms with Crippen LogP contribution in [0.5, 0.6) is 0 Å². The number of H-pyrrole nitrogens is 1. The molecule has 4 aromatic rings. The number of quaternary nitrogens is 1. The van der Waals surface area contributed by atoms with Crippen LogP contribution in [0.25, 0.3) is 32.5 Å². The Kier molecular flexibility index (Phi) is 6.08. The van der Waals surface area contributed by atoms with Crippen molar-refractivity contribution in [3.05, 3.63) is 35.3 Å². The number of amides is 1. The summed E-state index contributed by atoms with van der Waals surface area (Å²) in [4.78, 5) is 24.5. The highest BCUT2D eigenvalue weighted by Crippen LogP contribution is 2.35. The van der Waals surface area contributed by atoms with Gasteiger partial charge in [0.05, 0.1) is 41.6 Å². The molecule has 1 aromatic carbocycles. The van der Waals surface area contributed by atoms with Crippen molar-refractivity contribution in [2.45, 2.75) is 19.4 Å². The quantitative estimate of drug-likeness (QED) is 0.348. The number of nitrogens with one attached hydrogen (secondary N) is 2. The number of hydrogen-bond donors (Lipinski definition) is 3. The predicted molar refractivity (Wildman–Crippen MR) is 124 cm³/mol. The van der Waals surface area contributed by atoms with Crippen molar-refractivity contribution in [2.24, 2.45) is 0 Å². The van der Waals surface area contributed by atoms with E-state index in [4.69, 9.17) is 14.7 Å². The number of hydrogen-bond acceptors (Lipinski definition) is 8. The van der Waals surface area contributed by atoms with Crippen LogP contribution in [0.4, 0.5) is 5.82 Å². The molecule has 5 rings (SSSR count). The number of aromatic nitrogens is 4. The van der Waals surface area contributed by atoms with Crippen LogP contribution < -0.4 is 16.0 Å². The molecule has 32 heavy (non-hydrogen) atoms. The van der Waals surface area contributed by atoms with Gasteiger partial charge in [0.1, 0.15) is 0 Å². The Bertz CT molecular complexity index is 1250. The highest BCUT2D eigenvalue weighted by atomic mass is 32.1. The molecular formula is C22H26N7O2S+. The van der Waals surface area contributed by atoms with Gasteiger partial charge in [-0.3, -0.25) is 10.8 Å². The second-order valence-corrected chi connectivity index (χ2v) is 8.99. The van der Waals surface area contributed by atoms with E-state index in [-0.39, 0.29) is 5.91 Å². The summed E-state index contributed by atoms with van der Waals surface area (Å²) in [7, 11) is 0. The van der Waals surface area contributed by atoms with Gasteiger partial charge in [0.2, 0.25) is 0 Å². The van der Waals surface area contributed by atoms with Crippen molar-refractivity contribution < 1.29 is 15.3 Å². The molecule has 3 aromatic heterocycles. The van der Waals surface area contributed by atoms with Gasteiger partial charge in [0, 0.05) is 35.5 Å². The predicted octanol–water partition coefficient (Wildman–Crippen LogP) is 1.71. The largest absolute Gasteiger partial charge is 0.378 e. The van der Waals surface area contributed by atoms with Gasteiger partial charge in [-0.1, -0.05) is 12.1 Å². The van der Waals surface area contributed by atoms with Crippen LogP contribution in [-0.2, 0) is 16.1 Å². The van der Waals surface area contributed by atoms with Crippen LogP contribution in [0.3, 0.4) is 0 Å². The zero-order valence-corrected chi connectivity index (χ0v) is 18.6. The van der Waals surface area contributed by atoms with Gasteiger partial charge in [0.25, 0.3) is 0 Å². The first-order valence-electron chi connectivity index (χ1n) is 10.8.